The molecule has 0 saturated carbocycles. The van der Waals surface area contributed by atoms with Crippen LogP contribution in [0, 0.1) is 0 Å². The molecular weight excluding hydrogens is 657 g/mol. The SMILES string of the molecule is c1ccc(-n2c3ccccc3c3c(-c4cccc5c4-c4ccc(-c6ccccn6)cc4Sc4ccccc4-c4ccccc4S5)cccc32)cc1. The van der Waals surface area contributed by atoms with Gasteiger partial charge in [0.25, 0.3) is 0 Å². The summed E-state index contributed by atoms with van der Waals surface area (Å²) < 4.78 is 2.40. The fourth-order valence-corrected chi connectivity index (χ4v) is 9.79. The lowest BCUT2D eigenvalue weighted by atomic mass is 9.91. The van der Waals surface area contributed by atoms with Gasteiger partial charge in [0.05, 0.1) is 16.7 Å². The summed E-state index contributed by atoms with van der Waals surface area (Å²) >= 11 is 3.71. The number of para-hydroxylation sites is 2. The highest BCUT2D eigenvalue weighted by atomic mass is 32.2. The van der Waals surface area contributed by atoms with Gasteiger partial charge in [0.15, 0.2) is 0 Å². The summed E-state index contributed by atoms with van der Waals surface area (Å²) in [5.74, 6) is 0. The Kier molecular flexibility index (Phi) is 7.37. The van der Waals surface area contributed by atoms with Gasteiger partial charge in [-0.25, -0.2) is 0 Å². The fourth-order valence-electron chi connectivity index (χ4n) is 7.52. The molecule has 10 rings (SSSR count). The zero-order chi connectivity index (χ0) is 33.7. The molecule has 0 bridgehead atoms. The molecule has 0 saturated heterocycles. The maximum atomic E-state index is 4.73. The minimum atomic E-state index is 0.970. The first-order valence-electron chi connectivity index (χ1n) is 17.1. The highest BCUT2D eigenvalue weighted by Gasteiger charge is 2.24. The molecule has 4 heteroatoms. The van der Waals surface area contributed by atoms with Crippen molar-refractivity contribution in [2.75, 3.05) is 0 Å². The molecule has 3 heterocycles. The largest absolute Gasteiger partial charge is 0.309 e. The van der Waals surface area contributed by atoms with E-state index in [0.717, 1.165) is 16.9 Å². The molecule has 0 unspecified atom stereocenters. The zero-order valence-corrected chi connectivity index (χ0v) is 29.2. The molecule has 0 radical (unpaired) electrons. The number of hydrogen-bond donors (Lipinski definition) is 0. The third-order valence-electron chi connectivity index (χ3n) is 9.74. The van der Waals surface area contributed by atoms with Crippen molar-refractivity contribution in [3.63, 3.8) is 0 Å². The Hall–Kier alpha value is -5.81. The Balaban J connectivity index is 1.29. The first-order chi connectivity index (χ1) is 25.3. The van der Waals surface area contributed by atoms with Crippen LogP contribution in [0.15, 0.2) is 202 Å². The van der Waals surface area contributed by atoms with Crippen LogP contribution in [0.3, 0.4) is 0 Å². The molecule has 240 valence electrons. The van der Waals surface area contributed by atoms with E-state index in [1.165, 1.54) is 74.8 Å². The van der Waals surface area contributed by atoms with E-state index < -0.39 is 0 Å². The second kappa shape index (κ2) is 12.5. The first-order valence-corrected chi connectivity index (χ1v) is 18.8. The molecule has 0 amide bonds. The summed E-state index contributed by atoms with van der Waals surface area (Å²) in [6, 6.07) is 63.8. The van der Waals surface area contributed by atoms with E-state index in [4.69, 9.17) is 4.98 Å². The number of fused-ring (bicyclic) bond motifs is 9. The maximum absolute atomic E-state index is 4.73. The van der Waals surface area contributed by atoms with Crippen molar-refractivity contribution in [3.8, 4) is 50.3 Å². The average molecular weight is 687 g/mol. The van der Waals surface area contributed by atoms with Gasteiger partial charge in [0.1, 0.15) is 0 Å². The number of pyridine rings is 1. The Morgan fingerprint density at radius 2 is 1.04 bits per heavy atom. The number of nitrogens with zero attached hydrogens (tertiary/aromatic N) is 2. The van der Waals surface area contributed by atoms with E-state index in [1.54, 1.807) is 0 Å². The lowest BCUT2D eigenvalue weighted by Gasteiger charge is -2.23. The molecule has 2 aromatic heterocycles. The molecule has 7 aromatic carbocycles. The van der Waals surface area contributed by atoms with E-state index in [-0.39, 0.29) is 0 Å². The predicted molar refractivity (Wildman–Crippen MR) is 215 cm³/mol. The van der Waals surface area contributed by atoms with Gasteiger partial charge in [-0.05, 0) is 88.5 Å². The highest BCUT2D eigenvalue weighted by Crippen LogP contribution is 2.52. The Labute approximate surface area is 305 Å². The summed E-state index contributed by atoms with van der Waals surface area (Å²) in [6.45, 7) is 0. The normalized spacial score (nSPS) is 12.2. The van der Waals surface area contributed by atoms with Gasteiger partial charge >= 0.3 is 0 Å². The van der Waals surface area contributed by atoms with Crippen LogP contribution in [0.1, 0.15) is 0 Å². The van der Waals surface area contributed by atoms with E-state index in [2.05, 4.69) is 174 Å². The number of benzene rings is 7. The molecule has 0 spiro atoms. The molecule has 0 fully saturated rings. The van der Waals surface area contributed by atoms with Crippen LogP contribution in [0.4, 0.5) is 0 Å². The molecule has 51 heavy (non-hydrogen) atoms. The van der Waals surface area contributed by atoms with Gasteiger partial charge in [-0.1, -0.05) is 139 Å². The van der Waals surface area contributed by atoms with Gasteiger partial charge in [0.2, 0.25) is 0 Å². The number of aromatic nitrogens is 2. The van der Waals surface area contributed by atoms with Crippen LogP contribution >= 0.6 is 23.5 Å². The maximum Gasteiger partial charge on any atom is 0.0702 e. The summed E-state index contributed by atoms with van der Waals surface area (Å²) in [4.78, 5) is 9.65. The second-order valence-electron chi connectivity index (χ2n) is 12.7. The molecule has 0 N–H and O–H groups in total. The predicted octanol–water partition coefficient (Wildman–Crippen LogP) is 13.5. The van der Waals surface area contributed by atoms with E-state index in [0.29, 0.717) is 0 Å². The van der Waals surface area contributed by atoms with Crippen LogP contribution < -0.4 is 0 Å². The van der Waals surface area contributed by atoms with Gasteiger partial charge in [-0.15, -0.1) is 0 Å². The van der Waals surface area contributed by atoms with E-state index in [9.17, 15) is 0 Å². The fraction of sp³-hybridized carbons (Fsp3) is 0. The third kappa shape index (κ3) is 5.10. The van der Waals surface area contributed by atoms with E-state index >= 15 is 0 Å². The minimum Gasteiger partial charge on any atom is -0.309 e. The molecule has 0 atom stereocenters. The van der Waals surface area contributed by atoms with Gasteiger partial charge in [-0.2, -0.15) is 0 Å². The molecule has 0 aliphatic carbocycles. The van der Waals surface area contributed by atoms with Crippen LogP contribution in [0.25, 0.3) is 72.1 Å². The number of hydrogen-bond acceptors (Lipinski definition) is 3. The zero-order valence-electron chi connectivity index (χ0n) is 27.5. The Bertz CT molecular complexity index is 2750. The number of rotatable bonds is 3. The average Bonchev–Trinajstić information content (AvgIpc) is 3.54. The second-order valence-corrected chi connectivity index (χ2v) is 14.9. The lowest BCUT2D eigenvalue weighted by molar-refractivity contribution is 1.18. The smallest absolute Gasteiger partial charge is 0.0702 e. The topological polar surface area (TPSA) is 17.8 Å². The third-order valence-corrected chi connectivity index (χ3v) is 12.0. The van der Waals surface area contributed by atoms with Crippen LogP contribution in [0.2, 0.25) is 0 Å². The van der Waals surface area contributed by atoms with Crippen molar-refractivity contribution >= 4 is 45.3 Å². The summed E-state index contributed by atoms with van der Waals surface area (Å²) in [5.41, 5.74) is 13.1. The van der Waals surface area contributed by atoms with Gasteiger partial charge in [-0.3, -0.25) is 4.98 Å². The first kappa shape index (κ1) is 30.1. The molecule has 9 aromatic rings. The van der Waals surface area contributed by atoms with Crippen molar-refractivity contribution < 1.29 is 0 Å². The van der Waals surface area contributed by atoms with Gasteiger partial charge in [0, 0.05) is 53.4 Å². The summed E-state index contributed by atoms with van der Waals surface area (Å²) in [5, 5.41) is 2.51. The summed E-state index contributed by atoms with van der Waals surface area (Å²) in [7, 11) is 0. The monoisotopic (exact) mass is 686 g/mol. The Morgan fingerprint density at radius 1 is 0.412 bits per heavy atom. The molecule has 1 aliphatic rings. The van der Waals surface area contributed by atoms with Gasteiger partial charge < -0.3 is 4.57 Å². The highest BCUT2D eigenvalue weighted by molar-refractivity contribution is 8.00. The van der Waals surface area contributed by atoms with Crippen molar-refractivity contribution in [2.24, 2.45) is 0 Å². The molecular formula is C47H30N2S2. The van der Waals surface area contributed by atoms with Crippen LogP contribution in [0.5, 0.6) is 0 Å². The quantitative estimate of drug-likeness (QED) is 0.184. The van der Waals surface area contributed by atoms with Crippen molar-refractivity contribution in [2.45, 2.75) is 19.6 Å². The lowest BCUT2D eigenvalue weighted by Crippen LogP contribution is -1.96. The standard InChI is InChI=1S/C47H30N2S2/c1-2-14-32(15-3-1)49-40-22-7-4-18-37(40)46-35(19-12-23-41(46)49)36-20-13-26-44-47(36)38-28-27-31(39-21-10-11-29-48-39)30-45(38)51-43-25-9-6-17-34(43)33-16-5-8-24-42(33)50-44/h1-30H. The molecule has 2 nitrogen and oxygen atoms in total. The van der Waals surface area contributed by atoms with Crippen molar-refractivity contribution in [3.05, 3.63) is 182 Å². The summed E-state index contributed by atoms with van der Waals surface area (Å²) in [6.07, 6.45) is 1.87. The van der Waals surface area contributed by atoms with E-state index in [1.807, 2.05) is 35.8 Å². The van der Waals surface area contributed by atoms with Crippen LogP contribution in [-0.4, -0.2) is 9.55 Å². The van der Waals surface area contributed by atoms with Crippen molar-refractivity contribution in [1.82, 2.24) is 9.55 Å². The van der Waals surface area contributed by atoms with Crippen molar-refractivity contribution in [1.29, 1.82) is 0 Å². The minimum absolute atomic E-state index is 0.970. The Morgan fingerprint density at radius 3 is 1.84 bits per heavy atom. The molecule has 1 aliphatic heterocycles. The van der Waals surface area contributed by atoms with Crippen LogP contribution in [-0.2, 0) is 0 Å².